The predicted octanol–water partition coefficient (Wildman–Crippen LogP) is 5.22. The number of rotatable bonds is 4. The van der Waals surface area contributed by atoms with Gasteiger partial charge < -0.3 is 5.32 Å². The van der Waals surface area contributed by atoms with Crippen LogP contribution in [0.25, 0.3) is 0 Å². The van der Waals surface area contributed by atoms with E-state index in [1.165, 1.54) is 12.1 Å². The maximum atomic E-state index is 13.0. The van der Waals surface area contributed by atoms with Gasteiger partial charge in [-0.2, -0.15) is 13.2 Å². The van der Waals surface area contributed by atoms with E-state index in [-0.39, 0.29) is 12.5 Å². The molecule has 0 aromatic heterocycles. The quantitative estimate of drug-likeness (QED) is 0.794. The van der Waals surface area contributed by atoms with Crippen LogP contribution in [-0.2, 0) is 22.9 Å². The highest BCUT2D eigenvalue weighted by Crippen LogP contribution is 2.39. The van der Waals surface area contributed by atoms with Crippen LogP contribution >= 0.6 is 0 Å². The fraction of sp³-hybridized carbons (Fsp3) is 0.381. The molecule has 0 heterocycles. The van der Waals surface area contributed by atoms with E-state index in [1.54, 1.807) is 0 Å². The molecule has 0 saturated heterocycles. The number of carbonyl (C=O) groups excluding carboxylic acids is 1. The molecule has 3 rings (SSSR count). The SMILES string of the molecule is O=C(NCc1ccc(C(F)(F)F)cc1)C1(c2ccccc2)CCCCC1. The third-order valence-corrected chi connectivity index (χ3v) is 5.20. The van der Waals surface area contributed by atoms with Crippen LogP contribution in [0.4, 0.5) is 13.2 Å². The summed E-state index contributed by atoms with van der Waals surface area (Å²) in [6, 6.07) is 14.7. The van der Waals surface area contributed by atoms with E-state index in [0.717, 1.165) is 49.8 Å². The van der Waals surface area contributed by atoms with Crippen molar-refractivity contribution in [2.24, 2.45) is 0 Å². The van der Waals surface area contributed by atoms with E-state index in [2.05, 4.69) is 5.32 Å². The first-order valence-electron chi connectivity index (χ1n) is 8.92. The van der Waals surface area contributed by atoms with Crippen molar-refractivity contribution in [3.05, 3.63) is 71.3 Å². The second-order valence-corrected chi connectivity index (χ2v) is 6.89. The van der Waals surface area contributed by atoms with Crippen molar-refractivity contribution in [2.45, 2.75) is 50.2 Å². The van der Waals surface area contributed by atoms with Gasteiger partial charge in [0.15, 0.2) is 0 Å². The van der Waals surface area contributed by atoms with E-state index in [4.69, 9.17) is 0 Å². The molecule has 2 aromatic carbocycles. The molecule has 1 saturated carbocycles. The fourth-order valence-electron chi connectivity index (χ4n) is 3.72. The molecule has 1 aliphatic carbocycles. The van der Waals surface area contributed by atoms with Gasteiger partial charge in [0.2, 0.25) is 5.91 Å². The van der Waals surface area contributed by atoms with Crippen LogP contribution < -0.4 is 5.32 Å². The maximum absolute atomic E-state index is 13.0. The lowest BCUT2D eigenvalue weighted by molar-refractivity contribution is -0.137. The Morgan fingerprint density at radius 2 is 1.54 bits per heavy atom. The predicted molar refractivity (Wildman–Crippen MR) is 94.5 cm³/mol. The van der Waals surface area contributed by atoms with E-state index < -0.39 is 17.2 Å². The molecule has 0 atom stereocenters. The lowest BCUT2D eigenvalue weighted by Crippen LogP contribution is -2.45. The number of amides is 1. The number of alkyl halides is 3. The Hall–Kier alpha value is -2.30. The van der Waals surface area contributed by atoms with Gasteiger partial charge in [-0.15, -0.1) is 0 Å². The van der Waals surface area contributed by atoms with Crippen LogP contribution in [0.15, 0.2) is 54.6 Å². The summed E-state index contributed by atoms with van der Waals surface area (Å²) in [7, 11) is 0. The Labute approximate surface area is 151 Å². The summed E-state index contributed by atoms with van der Waals surface area (Å²) < 4.78 is 37.9. The number of halogens is 3. The minimum absolute atomic E-state index is 0.0386. The van der Waals surface area contributed by atoms with Gasteiger partial charge in [0.25, 0.3) is 0 Å². The largest absolute Gasteiger partial charge is 0.416 e. The van der Waals surface area contributed by atoms with Crippen molar-refractivity contribution in [3.63, 3.8) is 0 Å². The molecule has 1 amide bonds. The Bertz CT molecular complexity index is 732. The zero-order valence-corrected chi connectivity index (χ0v) is 14.5. The highest BCUT2D eigenvalue weighted by atomic mass is 19.4. The first-order valence-corrected chi connectivity index (χ1v) is 8.92. The normalized spacial score (nSPS) is 16.9. The van der Waals surface area contributed by atoms with Gasteiger partial charge in [-0.3, -0.25) is 4.79 Å². The van der Waals surface area contributed by atoms with E-state index in [9.17, 15) is 18.0 Å². The molecule has 26 heavy (non-hydrogen) atoms. The lowest BCUT2D eigenvalue weighted by atomic mass is 9.68. The third-order valence-electron chi connectivity index (χ3n) is 5.20. The zero-order chi connectivity index (χ0) is 18.6. The van der Waals surface area contributed by atoms with Crippen LogP contribution in [0.2, 0.25) is 0 Å². The average molecular weight is 361 g/mol. The number of hydrogen-bond acceptors (Lipinski definition) is 1. The summed E-state index contributed by atoms with van der Waals surface area (Å²) in [5.74, 6) is -0.0386. The van der Waals surface area contributed by atoms with E-state index in [1.807, 2.05) is 30.3 Å². The van der Waals surface area contributed by atoms with Gasteiger partial charge in [-0.25, -0.2) is 0 Å². The molecule has 5 heteroatoms. The van der Waals surface area contributed by atoms with Crippen LogP contribution in [0.5, 0.6) is 0 Å². The number of hydrogen-bond donors (Lipinski definition) is 1. The topological polar surface area (TPSA) is 29.1 Å². The monoisotopic (exact) mass is 361 g/mol. The molecule has 1 N–H and O–H groups in total. The molecule has 0 spiro atoms. The maximum Gasteiger partial charge on any atom is 0.416 e. The Kier molecular flexibility index (Phi) is 5.35. The van der Waals surface area contributed by atoms with Gasteiger partial charge in [0.05, 0.1) is 11.0 Å². The molecular formula is C21H22F3NO. The molecule has 138 valence electrons. The second kappa shape index (κ2) is 7.52. The molecule has 0 aliphatic heterocycles. The van der Waals surface area contributed by atoms with E-state index >= 15 is 0 Å². The molecule has 0 radical (unpaired) electrons. The number of carbonyl (C=O) groups is 1. The van der Waals surface area contributed by atoms with Crippen molar-refractivity contribution in [1.29, 1.82) is 0 Å². The zero-order valence-electron chi connectivity index (χ0n) is 14.5. The molecule has 2 nitrogen and oxygen atoms in total. The van der Waals surface area contributed by atoms with Crippen LogP contribution in [0.1, 0.15) is 48.8 Å². The first kappa shape index (κ1) is 18.5. The summed E-state index contributed by atoms with van der Waals surface area (Å²) in [4.78, 5) is 13.0. The number of benzene rings is 2. The van der Waals surface area contributed by atoms with Gasteiger partial charge in [-0.1, -0.05) is 61.7 Å². The summed E-state index contributed by atoms with van der Waals surface area (Å²) >= 11 is 0. The number of nitrogens with one attached hydrogen (secondary N) is 1. The minimum Gasteiger partial charge on any atom is -0.351 e. The van der Waals surface area contributed by atoms with Crippen molar-refractivity contribution in [2.75, 3.05) is 0 Å². The fourth-order valence-corrected chi connectivity index (χ4v) is 3.72. The van der Waals surface area contributed by atoms with Gasteiger partial charge in [0, 0.05) is 6.54 Å². The average Bonchev–Trinajstić information content (AvgIpc) is 2.67. The molecule has 0 bridgehead atoms. The van der Waals surface area contributed by atoms with Crippen molar-refractivity contribution in [1.82, 2.24) is 5.32 Å². The lowest BCUT2D eigenvalue weighted by Gasteiger charge is -2.36. The molecule has 2 aromatic rings. The minimum atomic E-state index is -4.35. The van der Waals surface area contributed by atoms with Crippen molar-refractivity contribution >= 4 is 5.91 Å². The van der Waals surface area contributed by atoms with Crippen LogP contribution in [0.3, 0.4) is 0 Å². The molecule has 1 aliphatic rings. The highest BCUT2D eigenvalue weighted by Gasteiger charge is 2.40. The smallest absolute Gasteiger partial charge is 0.351 e. The summed E-state index contributed by atoms with van der Waals surface area (Å²) in [5, 5.41) is 2.95. The summed E-state index contributed by atoms with van der Waals surface area (Å²) in [5.41, 5.74) is 0.460. The van der Waals surface area contributed by atoms with Gasteiger partial charge >= 0.3 is 6.18 Å². The summed E-state index contributed by atoms with van der Waals surface area (Å²) in [6.07, 6.45) is 0.388. The van der Waals surface area contributed by atoms with Crippen molar-refractivity contribution in [3.8, 4) is 0 Å². The summed E-state index contributed by atoms with van der Waals surface area (Å²) in [6.45, 7) is 0.228. The molecular weight excluding hydrogens is 339 g/mol. The Balaban J connectivity index is 1.73. The Morgan fingerprint density at radius 3 is 2.12 bits per heavy atom. The van der Waals surface area contributed by atoms with Crippen LogP contribution in [-0.4, -0.2) is 5.91 Å². The van der Waals surface area contributed by atoms with Crippen molar-refractivity contribution < 1.29 is 18.0 Å². The third kappa shape index (κ3) is 3.92. The van der Waals surface area contributed by atoms with Gasteiger partial charge in [0.1, 0.15) is 0 Å². The van der Waals surface area contributed by atoms with Gasteiger partial charge in [-0.05, 0) is 36.1 Å². The van der Waals surface area contributed by atoms with E-state index in [0.29, 0.717) is 5.56 Å². The highest BCUT2D eigenvalue weighted by molar-refractivity contribution is 5.88. The second-order valence-electron chi connectivity index (χ2n) is 6.89. The Morgan fingerprint density at radius 1 is 0.923 bits per heavy atom. The molecule has 0 unspecified atom stereocenters. The first-order chi connectivity index (χ1) is 12.4. The van der Waals surface area contributed by atoms with Crippen LogP contribution in [0, 0.1) is 0 Å². The standard InChI is InChI=1S/C21H22F3NO/c22-21(23,24)18-11-9-16(10-12-18)15-25-19(26)20(13-5-2-6-14-20)17-7-3-1-4-8-17/h1,3-4,7-12H,2,5-6,13-15H2,(H,25,26). The molecule has 1 fully saturated rings.